The van der Waals surface area contributed by atoms with Crippen molar-refractivity contribution in [3.8, 4) is 0 Å². The predicted octanol–water partition coefficient (Wildman–Crippen LogP) is 3.15. The zero-order valence-electron chi connectivity index (χ0n) is 11.9. The molecule has 2 fully saturated rings. The number of carbonyl (C=O) groups excluding carboxylic acids is 1. The second-order valence-electron chi connectivity index (χ2n) is 6.38. The predicted molar refractivity (Wildman–Crippen MR) is 90.1 cm³/mol. The van der Waals surface area contributed by atoms with E-state index in [1.165, 1.54) is 18.4 Å². The van der Waals surface area contributed by atoms with Crippen molar-refractivity contribution in [1.82, 2.24) is 5.32 Å². The van der Waals surface area contributed by atoms with Gasteiger partial charge in [-0.25, -0.2) is 0 Å². The fourth-order valence-corrected chi connectivity index (χ4v) is 4.37. The lowest BCUT2D eigenvalue weighted by Crippen LogP contribution is -2.35. The minimum absolute atomic E-state index is 0. The van der Waals surface area contributed by atoms with E-state index >= 15 is 0 Å². The summed E-state index contributed by atoms with van der Waals surface area (Å²) in [5.41, 5.74) is 2.77. The molecule has 1 aliphatic carbocycles. The van der Waals surface area contributed by atoms with E-state index in [1.54, 1.807) is 0 Å². The van der Waals surface area contributed by atoms with Crippen molar-refractivity contribution < 1.29 is 4.79 Å². The van der Waals surface area contributed by atoms with Gasteiger partial charge in [-0.05, 0) is 68.0 Å². The molecule has 1 saturated heterocycles. The second kappa shape index (κ2) is 5.56. The molecule has 1 aromatic rings. The van der Waals surface area contributed by atoms with Crippen LogP contribution in [0, 0.1) is 11.3 Å². The number of halogens is 2. The summed E-state index contributed by atoms with van der Waals surface area (Å²) in [5.74, 6) is 0.646. The summed E-state index contributed by atoms with van der Waals surface area (Å²) in [6.45, 7) is 3.01. The van der Waals surface area contributed by atoms with Crippen LogP contribution in [0.1, 0.15) is 24.8 Å². The standard InChI is InChI=1S/C16H19BrN2O.ClH/c17-12-1-2-14-11(9-12)3-8-19(14)15(20)13-10-16(13)4-6-18-7-5-16;/h1-2,9,13,18H,3-8,10H2;1H. The number of rotatable bonds is 1. The van der Waals surface area contributed by atoms with E-state index in [0.717, 1.165) is 42.6 Å². The Morgan fingerprint density at radius 2 is 2.10 bits per heavy atom. The first-order valence-corrected chi connectivity index (χ1v) is 8.29. The summed E-state index contributed by atoms with van der Waals surface area (Å²) in [6, 6.07) is 6.27. The fraction of sp³-hybridized carbons (Fsp3) is 0.562. The average Bonchev–Trinajstić information content (AvgIpc) is 2.97. The molecular formula is C16H20BrClN2O. The zero-order chi connectivity index (χ0) is 13.7. The summed E-state index contributed by atoms with van der Waals surface area (Å²) < 4.78 is 1.10. The minimum atomic E-state index is 0. The number of anilines is 1. The summed E-state index contributed by atoms with van der Waals surface area (Å²) in [5, 5.41) is 3.40. The van der Waals surface area contributed by atoms with Gasteiger partial charge in [0.1, 0.15) is 0 Å². The largest absolute Gasteiger partial charge is 0.317 e. The molecule has 1 unspecified atom stereocenters. The maximum absolute atomic E-state index is 12.8. The third-order valence-electron chi connectivity index (χ3n) is 5.29. The monoisotopic (exact) mass is 370 g/mol. The van der Waals surface area contributed by atoms with Crippen LogP contribution in [0.25, 0.3) is 0 Å². The van der Waals surface area contributed by atoms with Gasteiger partial charge in [0.15, 0.2) is 0 Å². The Balaban J connectivity index is 0.00000132. The number of carbonyl (C=O) groups is 1. The van der Waals surface area contributed by atoms with Crippen molar-refractivity contribution >= 4 is 39.9 Å². The van der Waals surface area contributed by atoms with E-state index in [1.807, 2.05) is 11.0 Å². The van der Waals surface area contributed by atoms with Crippen LogP contribution in [0.15, 0.2) is 22.7 Å². The molecule has 3 aliphatic rings. The van der Waals surface area contributed by atoms with Gasteiger partial charge in [0, 0.05) is 22.6 Å². The first-order valence-electron chi connectivity index (χ1n) is 7.50. The van der Waals surface area contributed by atoms with Crippen LogP contribution in [0.4, 0.5) is 5.69 Å². The van der Waals surface area contributed by atoms with E-state index < -0.39 is 0 Å². The molecule has 21 heavy (non-hydrogen) atoms. The van der Waals surface area contributed by atoms with E-state index in [2.05, 4.69) is 33.4 Å². The fourth-order valence-electron chi connectivity index (χ4n) is 3.96. The zero-order valence-corrected chi connectivity index (χ0v) is 14.3. The lowest BCUT2D eigenvalue weighted by molar-refractivity contribution is -0.120. The maximum atomic E-state index is 12.8. The van der Waals surface area contributed by atoms with Gasteiger partial charge in [-0.15, -0.1) is 12.4 Å². The van der Waals surface area contributed by atoms with Crippen LogP contribution in [0.3, 0.4) is 0 Å². The second-order valence-corrected chi connectivity index (χ2v) is 7.30. The summed E-state index contributed by atoms with van der Waals surface area (Å²) in [6.07, 6.45) is 4.44. The van der Waals surface area contributed by atoms with Gasteiger partial charge in [-0.2, -0.15) is 0 Å². The quantitative estimate of drug-likeness (QED) is 0.822. The van der Waals surface area contributed by atoms with Crippen molar-refractivity contribution in [2.45, 2.75) is 25.7 Å². The molecule has 2 heterocycles. The highest BCUT2D eigenvalue weighted by Crippen LogP contribution is 2.59. The lowest BCUT2D eigenvalue weighted by Gasteiger charge is -2.25. The first kappa shape index (κ1) is 15.3. The number of piperidine rings is 1. The van der Waals surface area contributed by atoms with Crippen LogP contribution in [-0.4, -0.2) is 25.5 Å². The van der Waals surface area contributed by atoms with E-state index in [4.69, 9.17) is 0 Å². The van der Waals surface area contributed by atoms with Crippen molar-refractivity contribution in [3.05, 3.63) is 28.2 Å². The summed E-state index contributed by atoms with van der Waals surface area (Å²) >= 11 is 3.51. The number of benzene rings is 1. The van der Waals surface area contributed by atoms with Gasteiger partial charge in [0.2, 0.25) is 5.91 Å². The summed E-state index contributed by atoms with van der Waals surface area (Å²) in [7, 11) is 0. The van der Waals surface area contributed by atoms with E-state index in [9.17, 15) is 4.79 Å². The maximum Gasteiger partial charge on any atom is 0.230 e. The van der Waals surface area contributed by atoms with Gasteiger partial charge in [-0.1, -0.05) is 15.9 Å². The molecule has 0 aromatic heterocycles. The first-order chi connectivity index (χ1) is 9.70. The van der Waals surface area contributed by atoms with Crippen molar-refractivity contribution in [1.29, 1.82) is 0 Å². The molecular weight excluding hydrogens is 352 g/mol. The highest BCUT2D eigenvalue weighted by molar-refractivity contribution is 9.10. The average molecular weight is 372 g/mol. The highest BCUT2D eigenvalue weighted by atomic mass is 79.9. The lowest BCUT2D eigenvalue weighted by atomic mass is 9.91. The number of hydrogen-bond donors (Lipinski definition) is 1. The topological polar surface area (TPSA) is 32.3 Å². The molecule has 3 nitrogen and oxygen atoms in total. The minimum Gasteiger partial charge on any atom is -0.317 e. The molecule has 5 heteroatoms. The summed E-state index contributed by atoms with van der Waals surface area (Å²) in [4.78, 5) is 14.9. The molecule has 1 spiro atoms. The SMILES string of the molecule is Cl.O=C(C1CC12CCNCC2)N1CCc2cc(Br)ccc21. The van der Waals surface area contributed by atoms with Gasteiger partial charge in [0.05, 0.1) is 0 Å². The van der Waals surface area contributed by atoms with Crippen molar-refractivity contribution in [3.63, 3.8) is 0 Å². The van der Waals surface area contributed by atoms with Crippen molar-refractivity contribution in [2.75, 3.05) is 24.5 Å². The number of fused-ring (bicyclic) bond motifs is 1. The Kier molecular flexibility index (Phi) is 4.06. The highest BCUT2D eigenvalue weighted by Gasteiger charge is 2.58. The van der Waals surface area contributed by atoms with Crippen molar-refractivity contribution in [2.24, 2.45) is 11.3 Å². The number of hydrogen-bond acceptors (Lipinski definition) is 2. The molecule has 114 valence electrons. The van der Waals surface area contributed by atoms with Crippen LogP contribution >= 0.6 is 28.3 Å². The van der Waals surface area contributed by atoms with Gasteiger partial charge >= 0.3 is 0 Å². The molecule has 4 rings (SSSR count). The van der Waals surface area contributed by atoms with Gasteiger partial charge in [0.25, 0.3) is 0 Å². The molecule has 2 aliphatic heterocycles. The van der Waals surface area contributed by atoms with Crippen LogP contribution in [0.5, 0.6) is 0 Å². The van der Waals surface area contributed by atoms with Crippen LogP contribution in [-0.2, 0) is 11.2 Å². The molecule has 1 amide bonds. The molecule has 1 atom stereocenters. The Morgan fingerprint density at radius 3 is 2.86 bits per heavy atom. The van der Waals surface area contributed by atoms with Crippen LogP contribution < -0.4 is 10.2 Å². The molecule has 0 bridgehead atoms. The molecule has 1 saturated carbocycles. The number of nitrogens with zero attached hydrogens (tertiary/aromatic N) is 1. The van der Waals surface area contributed by atoms with Gasteiger partial charge < -0.3 is 10.2 Å². The molecule has 0 radical (unpaired) electrons. The smallest absolute Gasteiger partial charge is 0.230 e. The third-order valence-corrected chi connectivity index (χ3v) is 5.78. The third kappa shape index (κ3) is 2.51. The Hall–Kier alpha value is -0.580. The van der Waals surface area contributed by atoms with E-state index in [-0.39, 0.29) is 18.3 Å². The Bertz CT molecular complexity index is 571. The van der Waals surface area contributed by atoms with Gasteiger partial charge in [-0.3, -0.25) is 4.79 Å². The Labute approximate surface area is 140 Å². The van der Waals surface area contributed by atoms with E-state index in [0.29, 0.717) is 11.3 Å². The van der Waals surface area contributed by atoms with Crippen LogP contribution in [0.2, 0.25) is 0 Å². The Morgan fingerprint density at radius 1 is 1.33 bits per heavy atom. The molecule has 1 aromatic carbocycles. The number of nitrogens with one attached hydrogen (secondary N) is 1. The normalized spacial score (nSPS) is 25.4. The number of amides is 1. The molecule has 1 N–H and O–H groups in total.